The highest BCUT2D eigenvalue weighted by Gasteiger charge is 2.24. The number of nitrogens with zero attached hydrogens (tertiary/aromatic N) is 5. The molecular weight excluding hydrogens is 274 g/mol. The molecule has 2 aromatic heterocycles. The summed E-state index contributed by atoms with van der Waals surface area (Å²) in [6.45, 7) is 4.18. The first-order valence-corrected chi connectivity index (χ1v) is 7.97. The average Bonchev–Trinajstić information content (AvgIpc) is 2.62. The van der Waals surface area contributed by atoms with Crippen LogP contribution in [0.4, 0.5) is 11.6 Å². The molecule has 0 atom stereocenters. The summed E-state index contributed by atoms with van der Waals surface area (Å²) < 4.78 is 0. The van der Waals surface area contributed by atoms with Crippen molar-refractivity contribution in [1.82, 2.24) is 15.0 Å². The van der Waals surface area contributed by atoms with Gasteiger partial charge in [0.05, 0.1) is 0 Å². The van der Waals surface area contributed by atoms with Crippen molar-refractivity contribution >= 4 is 11.6 Å². The highest BCUT2D eigenvalue weighted by molar-refractivity contribution is 5.42. The van der Waals surface area contributed by atoms with E-state index in [0.29, 0.717) is 6.04 Å². The zero-order chi connectivity index (χ0) is 15.4. The Morgan fingerprint density at radius 1 is 1.18 bits per heavy atom. The van der Waals surface area contributed by atoms with Crippen LogP contribution in [0, 0.1) is 0 Å². The molecule has 3 rings (SSSR count). The van der Waals surface area contributed by atoms with Crippen molar-refractivity contribution in [3.63, 3.8) is 0 Å². The van der Waals surface area contributed by atoms with Crippen LogP contribution in [0.5, 0.6) is 0 Å². The summed E-state index contributed by atoms with van der Waals surface area (Å²) in [5, 5.41) is 0. The summed E-state index contributed by atoms with van der Waals surface area (Å²) >= 11 is 0. The van der Waals surface area contributed by atoms with Crippen LogP contribution in [0.2, 0.25) is 0 Å². The maximum absolute atomic E-state index is 4.45. The molecule has 1 aliphatic heterocycles. The third-order valence-electron chi connectivity index (χ3n) is 4.42. The lowest BCUT2D eigenvalue weighted by Crippen LogP contribution is -2.44. The molecule has 1 aliphatic rings. The third kappa shape index (κ3) is 3.18. The smallest absolute Gasteiger partial charge is 0.132 e. The predicted octanol–water partition coefficient (Wildman–Crippen LogP) is 2.54. The van der Waals surface area contributed by atoms with Gasteiger partial charge < -0.3 is 9.80 Å². The molecule has 1 fully saturated rings. The van der Waals surface area contributed by atoms with E-state index in [9.17, 15) is 0 Å². The number of hydrogen-bond donors (Lipinski definition) is 0. The Balaban J connectivity index is 1.62. The van der Waals surface area contributed by atoms with E-state index in [1.54, 1.807) is 6.33 Å². The van der Waals surface area contributed by atoms with Crippen molar-refractivity contribution in [2.24, 2.45) is 0 Å². The van der Waals surface area contributed by atoms with Crippen LogP contribution >= 0.6 is 0 Å². The topological polar surface area (TPSA) is 45.2 Å². The van der Waals surface area contributed by atoms with Crippen LogP contribution in [0.1, 0.15) is 25.5 Å². The molecule has 0 unspecified atom stereocenters. The fourth-order valence-electron chi connectivity index (χ4n) is 2.98. The lowest BCUT2D eigenvalue weighted by molar-refractivity contribution is 0.478. The van der Waals surface area contributed by atoms with E-state index in [1.165, 1.54) is 0 Å². The van der Waals surface area contributed by atoms with Crippen LogP contribution in [-0.4, -0.2) is 41.1 Å². The van der Waals surface area contributed by atoms with Gasteiger partial charge in [0.1, 0.15) is 18.0 Å². The van der Waals surface area contributed by atoms with Crippen LogP contribution in [0.25, 0.3) is 0 Å². The second-order valence-corrected chi connectivity index (χ2v) is 5.74. The van der Waals surface area contributed by atoms with E-state index in [4.69, 9.17) is 0 Å². The minimum absolute atomic E-state index is 0.540. The fraction of sp³-hybridized carbons (Fsp3) is 0.471. The van der Waals surface area contributed by atoms with Gasteiger partial charge in [-0.05, 0) is 31.4 Å². The molecule has 1 saturated heterocycles. The second-order valence-electron chi connectivity index (χ2n) is 5.74. The molecular formula is C17H23N5. The maximum Gasteiger partial charge on any atom is 0.132 e. The molecule has 0 N–H and O–H groups in total. The Bertz CT molecular complexity index is 593. The molecule has 2 aromatic rings. The van der Waals surface area contributed by atoms with Gasteiger partial charge in [0.15, 0.2) is 0 Å². The quantitative estimate of drug-likeness (QED) is 0.868. The normalized spacial score (nSPS) is 15.8. The van der Waals surface area contributed by atoms with E-state index in [-0.39, 0.29) is 0 Å². The van der Waals surface area contributed by atoms with E-state index in [0.717, 1.165) is 49.7 Å². The Hall–Kier alpha value is -2.17. The minimum Gasteiger partial charge on any atom is -0.357 e. The van der Waals surface area contributed by atoms with Gasteiger partial charge in [-0.1, -0.05) is 13.0 Å². The number of aryl methyl sites for hydroxylation is 1. The fourth-order valence-corrected chi connectivity index (χ4v) is 2.98. The standard InChI is InChI=1S/C17H23N5/c1-3-14-12-17(20-13-19-14)22-10-7-15(8-11-22)21(2)16-6-4-5-9-18-16/h4-6,9,12-13,15H,3,7-8,10-11H2,1-2H3. The van der Waals surface area contributed by atoms with Gasteiger partial charge in [-0.25, -0.2) is 15.0 Å². The Kier molecular flexibility index (Phi) is 4.51. The summed E-state index contributed by atoms with van der Waals surface area (Å²) in [6, 6.07) is 8.73. The molecule has 0 saturated carbocycles. The molecule has 0 spiro atoms. The number of aromatic nitrogens is 3. The van der Waals surface area contributed by atoms with Gasteiger partial charge in [0.2, 0.25) is 0 Å². The largest absolute Gasteiger partial charge is 0.357 e. The van der Waals surface area contributed by atoms with Crippen LogP contribution in [-0.2, 0) is 6.42 Å². The first kappa shape index (κ1) is 14.8. The van der Waals surface area contributed by atoms with E-state index in [1.807, 2.05) is 18.3 Å². The number of piperidine rings is 1. The Morgan fingerprint density at radius 3 is 2.68 bits per heavy atom. The van der Waals surface area contributed by atoms with Crippen molar-refractivity contribution < 1.29 is 0 Å². The summed E-state index contributed by atoms with van der Waals surface area (Å²) in [4.78, 5) is 17.8. The molecule has 116 valence electrons. The van der Waals surface area contributed by atoms with Gasteiger partial charge >= 0.3 is 0 Å². The molecule has 0 radical (unpaired) electrons. The highest BCUT2D eigenvalue weighted by atomic mass is 15.2. The Morgan fingerprint density at radius 2 is 2.00 bits per heavy atom. The zero-order valence-electron chi connectivity index (χ0n) is 13.3. The van der Waals surface area contributed by atoms with Crippen molar-refractivity contribution in [3.8, 4) is 0 Å². The highest BCUT2D eigenvalue weighted by Crippen LogP contribution is 2.23. The number of hydrogen-bond acceptors (Lipinski definition) is 5. The summed E-state index contributed by atoms with van der Waals surface area (Å²) in [5.74, 6) is 2.11. The Labute approximate surface area is 132 Å². The van der Waals surface area contributed by atoms with E-state index < -0.39 is 0 Å². The van der Waals surface area contributed by atoms with E-state index >= 15 is 0 Å². The van der Waals surface area contributed by atoms with Gasteiger partial charge in [0, 0.05) is 44.1 Å². The summed E-state index contributed by atoms with van der Waals surface area (Å²) in [5.41, 5.74) is 1.11. The maximum atomic E-state index is 4.45. The molecule has 0 aromatic carbocycles. The van der Waals surface area contributed by atoms with Crippen LogP contribution in [0.15, 0.2) is 36.8 Å². The summed E-state index contributed by atoms with van der Waals surface area (Å²) in [7, 11) is 2.14. The summed E-state index contributed by atoms with van der Waals surface area (Å²) in [6.07, 6.45) is 6.74. The van der Waals surface area contributed by atoms with Crippen molar-refractivity contribution in [2.75, 3.05) is 29.9 Å². The SMILES string of the molecule is CCc1cc(N2CCC(N(C)c3ccccn3)CC2)ncn1. The van der Waals surface area contributed by atoms with Gasteiger partial charge in [-0.15, -0.1) is 0 Å². The molecule has 0 bridgehead atoms. The molecule has 5 nitrogen and oxygen atoms in total. The number of pyridine rings is 1. The van der Waals surface area contributed by atoms with Crippen LogP contribution < -0.4 is 9.80 Å². The third-order valence-corrected chi connectivity index (χ3v) is 4.42. The predicted molar refractivity (Wildman–Crippen MR) is 89.3 cm³/mol. The zero-order valence-corrected chi connectivity index (χ0v) is 13.3. The lowest BCUT2D eigenvalue weighted by atomic mass is 10.0. The molecule has 3 heterocycles. The van der Waals surface area contributed by atoms with Crippen molar-refractivity contribution in [3.05, 3.63) is 42.5 Å². The van der Waals surface area contributed by atoms with Crippen LogP contribution in [0.3, 0.4) is 0 Å². The first-order valence-electron chi connectivity index (χ1n) is 7.97. The monoisotopic (exact) mass is 297 g/mol. The van der Waals surface area contributed by atoms with E-state index in [2.05, 4.69) is 50.9 Å². The molecule has 22 heavy (non-hydrogen) atoms. The first-order chi connectivity index (χ1) is 10.8. The molecule has 0 aliphatic carbocycles. The number of anilines is 2. The second kappa shape index (κ2) is 6.73. The van der Waals surface area contributed by atoms with Gasteiger partial charge in [-0.2, -0.15) is 0 Å². The van der Waals surface area contributed by atoms with Crippen molar-refractivity contribution in [1.29, 1.82) is 0 Å². The van der Waals surface area contributed by atoms with Gasteiger partial charge in [0.25, 0.3) is 0 Å². The molecule has 0 amide bonds. The lowest BCUT2D eigenvalue weighted by Gasteiger charge is -2.37. The van der Waals surface area contributed by atoms with Gasteiger partial charge in [-0.3, -0.25) is 0 Å². The number of rotatable bonds is 4. The minimum atomic E-state index is 0.540. The van der Waals surface area contributed by atoms with Crippen molar-refractivity contribution in [2.45, 2.75) is 32.2 Å². The molecule has 5 heteroatoms. The average molecular weight is 297 g/mol.